The molecule has 0 amide bonds. The third-order valence-electron chi connectivity index (χ3n) is 9.12. The second kappa shape index (κ2) is 17.1. The Kier molecular flexibility index (Phi) is 13.8. The molecule has 2 saturated carbocycles. The van der Waals surface area contributed by atoms with E-state index in [2.05, 4.69) is 56.8 Å². The van der Waals surface area contributed by atoms with E-state index in [1.165, 1.54) is 108 Å². The molecule has 1 heteroatoms. The Morgan fingerprint density at radius 3 is 1.94 bits per heavy atom. The Balaban J connectivity index is 1.33. The van der Waals surface area contributed by atoms with Crippen LogP contribution in [0.4, 0.5) is 0 Å². The average Bonchev–Trinajstić information content (AvgIpc) is 2.92. The van der Waals surface area contributed by atoms with Gasteiger partial charge < -0.3 is 4.74 Å². The molecule has 2 aliphatic rings. The van der Waals surface area contributed by atoms with Crippen LogP contribution >= 0.6 is 0 Å². The molecule has 0 saturated heterocycles. The fourth-order valence-electron chi connectivity index (χ4n) is 6.61. The summed E-state index contributed by atoms with van der Waals surface area (Å²) in [4.78, 5) is 0. The maximum absolute atomic E-state index is 6.40. The highest BCUT2D eigenvalue weighted by atomic mass is 16.5. The first-order valence-corrected chi connectivity index (χ1v) is 15.8. The Morgan fingerprint density at radius 2 is 1.39 bits per heavy atom. The van der Waals surface area contributed by atoms with E-state index >= 15 is 0 Å². The highest BCUT2D eigenvalue weighted by Gasteiger charge is 2.27. The van der Waals surface area contributed by atoms with Crippen LogP contribution in [0.15, 0.2) is 49.1 Å². The van der Waals surface area contributed by atoms with Crippen LogP contribution in [0.2, 0.25) is 0 Å². The molecule has 0 heterocycles. The van der Waals surface area contributed by atoms with Crippen molar-refractivity contribution >= 4 is 0 Å². The molecule has 1 atom stereocenters. The van der Waals surface area contributed by atoms with Crippen LogP contribution in [0.3, 0.4) is 0 Å². The number of hydrogen-bond donors (Lipinski definition) is 0. The molecule has 2 aliphatic carbocycles. The van der Waals surface area contributed by atoms with E-state index in [1.807, 2.05) is 6.08 Å². The molecule has 1 aromatic rings. The van der Waals surface area contributed by atoms with E-state index in [1.54, 1.807) is 0 Å². The standard InChI is InChI=1S/C35H56O/c1-4-7-9-13-29-17-19-30(20-18-29)15-11-12-16-32-23-27-34(28-24-32)36-35(6-3)33-25-21-31(22-26-33)14-10-8-5-2/h6,11,15,23-24,27-31,33,35H,3-5,7-10,12-14,16-22,25-26H2,1-2H3/b15-11+/t29-,30-,31-,33-,35?. The fourth-order valence-corrected chi connectivity index (χ4v) is 6.61. The summed E-state index contributed by atoms with van der Waals surface area (Å²) in [6.07, 6.45) is 31.7. The van der Waals surface area contributed by atoms with E-state index in [4.69, 9.17) is 4.74 Å². The normalized spacial score (nSPS) is 25.6. The van der Waals surface area contributed by atoms with Gasteiger partial charge in [-0.15, -0.1) is 0 Å². The minimum atomic E-state index is 0.150. The van der Waals surface area contributed by atoms with Gasteiger partial charge in [-0.05, 0) is 92.7 Å². The molecule has 0 aliphatic heterocycles. The van der Waals surface area contributed by atoms with Gasteiger partial charge in [0, 0.05) is 0 Å². The number of hydrogen-bond acceptors (Lipinski definition) is 1. The lowest BCUT2D eigenvalue weighted by Gasteiger charge is -2.32. The van der Waals surface area contributed by atoms with Gasteiger partial charge in [0.25, 0.3) is 0 Å². The molecule has 0 spiro atoms. The number of allylic oxidation sites excluding steroid dienone is 2. The molecule has 1 nitrogen and oxygen atoms in total. The molecule has 0 aromatic heterocycles. The third-order valence-corrected chi connectivity index (χ3v) is 9.12. The lowest BCUT2D eigenvalue weighted by Crippen LogP contribution is -2.29. The zero-order valence-corrected chi connectivity index (χ0v) is 23.8. The quantitative estimate of drug-likeness (QED) is 0.165. The summed E-state index contributed by atoms with van der Waals surface area (Å²) in [5.41, 5.74) is 1.41. The van der Waals surface area contributed by atoms with Crippen molar-refractivity contribution in [3.63, 3.8) is 0 Å². The Labute approximate surface area is 224 Å². The van der Waals surface area contributed by atoms with Crippen LogP contribution in [0, 0.1) is 23.7 Å². The second-order valence-electron chi connectivity index (χ2n) is 12.0. The monoisotopic (exact) mass is 492 g/mol. The van der Waals surface area contributed by atoms with Crippen molar-refractivity contribution in [3.05, 3.63) is 54.6 Å². The SMILES string of the molecule is C=CC(Oc1ccc(CC/C=C/[C@H]2CC[C@H](CCCCC)CC2)cc1)[C@H]1CC[C@H](CCCCC)CC1. The molecule has 1 unspecified atom stereocenters. The van der Waals surface area contributed by atoms with Crippen LogP contribution in [0.5, 0.6) is 5.75 Å². The minimum Gasteiger partial charge on any atom is -0.486 e. The summed E-state index contributed by atoms with van der Waals surface area (Å²) in [7, 11) is 0. The number of ether oxygens (including phenoxy) is 1. The van der Waals surface area contributed by atoms with Crippen molar-refractivity contribution < 1.29 is 4.74 Å². The topological polar surface area (TPSA) is 9.23 Å². The molecular weight excluding hydrogens is 436 g/mol. The van der Waals surface area contributed by atoms with Crippen molar-refractivity contribution in [1.82, 2.24) is 0 Å². The van der Waals surface area contributed by atoms with Gasteiger partial charge in [-0.2, -0.15) is 0 Å². The summed E-state index contributed by atoms with van der Waals surface area (Å²) in [6, 6.07) is 8.86. The number of unbranched alkanes of at least 4 members (excludes halogenated alkanes) is 4. The van der Waals surface area contributed by atoms with Crippen molar-refractivity contribution in [1.29, 1.82) is 0 Å². The van der Waals surface area contributed by atoms with Crippen molar-refractivity contribution in [2.24, 2.45) is 23.7 Å². The predicted octanol–water partition coefficient (Wildman–Crippen LogP) is 10.9. The summed E-state index contributed by atoms with van der Waals surface area (Å²) >= 11 is 0. The zero-order valence-electron chi connectivity index (χ0n) is 23.8. The first kappa shape index (κ1) is 29.1. The van der Waals surface area contributed by atoms with Gasteiger partial charge in [0.05, 0.1) is 0 Å². The zero-order chi connectivity index (χ0) is 25.4. The lowest BCUT2D eigenvalue weighted by atomic mass is 9.77. The molecule has 0 N–H and O–H groups in total. The van der Waals surface area contributed by atoms with Gasteiger partial charge in [-0.25, -0.2) is 0 Å². The summed E-state index contributed by atoms with van der Waals surface area (Å²) in [5, 5.41) is 0. The summed E-state index contributed by atoms with van der Waals surface area (Å²) in [6.45, 7) is 8.71. The maximum atomic E-state index is 6.40. The molecule has 0 bridgehead atoms. The fraction of sp³-hybridized carbons (Fsp3) is 0.714. The molecule has 3 rings (SSSR count). The number of benzene rings is 1. The second-order valence-corrected chi connectivity index (χ2v) is 12.0. The van der Waals surface area contributed by atoms with E-state index in [-0.39, 0.29) is 6.10 Å². The van der Waals surface area contributed by atoms with Crippen LogP contribution < -0.4 is 4.74 Å². The van der Waals surface area contributed by atoms with Crippen molar-refractivity contribution in [2.75, 3.05) is 0 Å². The molecular formula is C35H56O. The van der Waals surface area contributed by atoms with Crippen molar-refractivity contribution in [3.8, 4) is 5.75 Å². The molecule has 2 fully saturated rings. The van der Waals surface area contributed by atoms with Gasteiger partial charge in [-0.3, -0.25) is 0 Å². The van der Waals surface area contributed by atoms with Crippen LogP contribution in [0.1, 0.15) is 129 Å². The van der Waals surface area contributed by atoms with Crippen LogP contribution in [-0.2, 0) is 6.42 Å². The lowest BCUT2D eigenvalue weighted by molar-refractivity contribution is 0.127. The largest absolute Gasteiger partial charge is 0.486 e. The summed E-state index contributed by atoms with van der Waals surface area (Å²) < 4.78 is 6.40. The van der Waals surface area contributed by atoms with Crippen LogP contribution in [0.25, 0.3) is 0 Å². The molecule has 36 heavy (non-hydrogen) atoms. The highest BCUT2D eigenvalue weighted by molar-refractivity contribution is 5.28. The maximum Gasteiger partial charge on any atom is 0.120 e. The van der Waals surface area contributed by atoms with E-state index < -0.39 is 0 Å². The van der Waals surface area contributed by atoms with Crippen LogP contribution in [-0.4, -0.2) is 6.10 Å². The number of aryl methyl sites for hydroxylation is 1. The summed E-state index contributed by atoms with van der Waals surface area (Å²) in [5.74, 6) is 4.40. The average molecular weight is 493 g/mol. The van der Waals surface area contributed by atoms with E-state index in [0.29, 0.717) is 5.92 Å². The van der Waals surface area contributed by atoms with Gasteiger partial charge >= 0.3 is 0 Å². The molecule has 1 aromatic carbocycles. The first-order valence-electron chi connectivity index (χ1n) is 15.8. The van der Waals surface area contributed by atoms with Crippen molar-refractivity contribution in [2.45, 2.75) is 136 Å². The highest BCUT2D eigenvalue weighted by Crippen LogP contribution is 2.36. The minimum absolute atomic E-state index is 0.150. The van der Waals surface area contributed by atoms with Gasteiger partial charge in [-0.1, -0.05) is 115 Å². The number of rotatable bonds is 16. The Bertz CT molecular complexity index is 716. The van der Waals surface area contributed by atoms with Gasteiger partial charge in [0.1, 0.15) is 11.9 Å². The Morgan fingerprint density at radius 1 is 0.806 bits per heavy atom. The Hall–Kier alpha value is -1.50. The predicted molar refractivity (Wildman–Crippen MR) is 158 cm³/mol. The third kappa shape index (κ3) is 10.5. The van der Waals surface area contributed by atoms with Gasteiger partial charge in [0.15, 0.2) is 0 Å². The first-order chi connectivity index (χ1) is 17.7. The van der Waals surface area contributed by atoms with E-state index in [9.17, 15) is 0 Å². The molecule has 202 valence electrons. The molecule has 0 radical (unpaired) electrons. The smallest absolute Gasteiger partial charge is 0.120 e. The van der Waals surface area contributed by atoms with Gasteiger partial charge in [0.2, 0.25) is 0 Å². The van der Waals surface area contributed by atoms with E-state index in [0.717, 1.165) is 36.3 Å².